The van der Waals surface area contributed by atoms with Crippen molar-refractivity contribution in [1.29, 1.82) is 0 Å². The van der Waals surface area contributed by atoms with Gasteiger partial charge in [0.1, 0.15) is 0 Å². The quantitative estimate of drug-likeness (QED) is 0.468. The number of nitrogens with zero attached hydrogens (tertiary/aromatic N) is 2. The molecule has 5 nitrogen and oxygen atoms in total. The first-order chi connectivity index (χ1) is 14.3. The van der Waals surface area contributed by atoms with Crippen LogP contribution in [0.25, 0.3) is 10.9 Å². The van der Waals surface area contributed by atoms with Crippen molar-refractivity contribution >= 4 is 28.2 Å². The number of benzene rings is 3. The number of carbonyl (C=O) groups is 1. The molecule has 0 atom stereocenters. The molecule has 0 saturated carbocycles. The first kappa shape index (κ1) is 19.5. The van der Waals surface area contributed by atoms with Crippen molar-refractivity contribution in [1.82, 2.24) is 9.78 Å². The van der Waals surface area contributed by atoms with Gasteiger partial charge in [-0.05, 0) is 48.0 Å². The van der Waals surface area contributed by atoms with E-state index in [0.717, 1.165) is 17.7 Å². The Hall–Kier alpha value is -3.81. The molecule has 152 valence electrons. The monoisotopic (exact) mass is 410 g/mol. The fourth-order valence-electron chi connectivity index (χ4n) is 3.13. The molecule has 1 aromatic heterocycles. The van der Waals surface area contributed by atoms with Crippen molar-refractivity contribution in [2.24, 2.45) is 0 Å². The molecule has 0 spiro atoms. The molecule has 8 heteroatoms. The van der Waals surface area contributed by atoms with Gasteiger partial charge in [0, 0.05) is 10.9 Å². The zero-order valence-corrected chi connectivity index (χ0v) is 15.6. The number of rotatable bonds is 4. The number of carbonyl (C=O) groups excluding carboxylic acids is 1. The lowest BCUT2D eigenvalue weighted by Gasteiger charge is -2.09. The molecule has 1 amide bonds. The van der Waals surface area contributed by atoms with Crippen LogP contribution in [0.5, 0.6) is 0 Å². The van der Waals surface area contributed by atoms with Gasteiger partial charge >= 0.3 is 6.18 Å². The number of halogens is 3. The number of nitrogens with one attached hydrogen (secondary N) is 1. The maximum Gasteiger partial charge on any atom is 0.416 e. The van der Waals surface area contributed by atoms with Crippen molar-refractivity contribution in [3.63, 3.8) is 0 Å². The van der Waals surface area contributed by atoms with E-state index in [1.807, 2.05) is 0 Å². The Labute approximate surface area is 169 Å². The number of aromatic nitrogens is 2. The minimum absolute atomic E-state index is 0.288. The number of hydrogen-bond donors (Lipinski definition) is 2. The van der Waals surface area contributed by atoms with Crippen LogP contribution in [-0.2, 0) is 12.7 Å². The molecule has 4 rings (SSSR count). The highest BCUT2D eigenvalue weighted by atomic mass is 19.4. The van der Waals surface area contributed by atoms with Gasteiger partial charge in [0.15, 0.2) is 0 Å². The lowest BCUT2D eigenvalue weighted by molar-refractivity contribution is -0.137. The van der Waals surface area contributed by atoms with E-state index < -0.39 is 11.7 Å². The van der Waals surface area contributed by atoms with E-state index in [2.05, 4.69) is 10.4 Å². The van der Waals surface area contributed by atoms with E-state index in [4.69, 9.17) is 5.73 Å². The fourth-order valence-corrected chi connectivity index (χ4v) is 3.13. The van der Waals surface area contributed by atoms with Crippen LogP contribution in [0.2, 0.25) is 0 Å². The molecule has 0 fully saturated rings. The molecule has 0 unspecified atom stereocenters. The van der Waals surface area contributed by atoms with Crippen LogP contribution in [0.15, 0.2) is 72.9 Å². The molecule has 3 N–H and O–H groups in total. The zero-order valence-electron chi connectivity index (χ0n) is 15.6. The van der Waals surface area contributed by atoms with Gasteiger partial charge in [-0.2, -0.15) is 18.3 Å². The van der Waals surface area contributed by atoms with Gasteiger partial charge in [-0.25, -0.2) is 0 Å². The molecule has 0 aliphatic carbocycles. The number of anilines is 2. The lowest BCUT2D eigenvalue weighted by atomic mass is 10.1. The highest BCUT2D eigenvalue weighted by molar-refractivity contribution is 6.05. The van der Waals surface area contributed by atoms with E-state index in [9.17, 15) is 18.0 Å². The summed E-state index contributed by atoms with van der Waals surface area (Å²) in [7, 11) is 0. The highest BCUT2D eigenvalue weighted by Crippen LogP contribution is 2.31. The average Bonchev–Trinajstić information content (AvgIpc) is 3.12. The predicted molar refractivity (Wildman–Crippen MR) is 109 cm³/mol. The highest BCUT2D eigenvalue weighted by Gasteiger charge is 2.30. The molecule has 1 heterocycles. The number of fused-ring (bicyclic) bond motifs is 1. The fraction of sp³-hybridized carbons (Fsp3) is 0.0909. The van der Waals surface area contributed by atoms with Crippen LogP contribution < -0.4 is 11.1 Å². The summed E-state index contributed by atoms with van der Waals surface area (Å²) in [6.07, 6.45) is -2.98. The number of alkyl halides is 3. The maximum absolute atomic E-state index is 12.9. The summed E-state index contributed by atoms with van der Waals surface area (Å²) in [4.78, 5) is 12.4. The molecule has 0 saturated heterocycles. The Morgan fingerprint density at radius 1 is 1.03 bits per heavy atom. The second-order valence-electron chi connectivity index (χ2n) is 6.81. The molecule has 4 aromatic rings. The standard InChI is InChI=1S/C22H17F3N4O/c23-22(24,25)17-9-10-20-16(11-17)12-27-29(20)13-14-5-7-15(8-6-14)21(30)28-19-4-2-1-3-18(19)26/h1-12H,13,26H2,(H,28,30). The Morgan fingerprint density at radius 2 is 1.77 bits per heavy atom. The second-order valence-corrected chi connectivity index (χ2v) is 6.81. The lowest BCUT2D eigenvalue weighted by Crippen LogP contribution is -2.13. The van der Waals surface area contributed by atoms with E-state index in [0.29, 0.717) is 34.4 Å². The summed E-state index contributed by atoms with van der Waals surface area (Å²) in [5.74, 6) is -0.288. The maximum atomic E-state index is 12.9. The molecule has 0 bridgehead atoms. The molecule has 0 radical (unpaired) electrons. The van der Waals surface area contributed by atoms with Crippen LogP contribution in [0.1, 0.15) is 21.5 Å². The van der Waals surface area contributed by atoms with Crippen molar-refractivity contribution in [3.05, 3.63) is 89.6 Å². The summed E-state index contributed by atoms with van der Waals surface area (Å²) < 4.78 is 40.2. The molecule has 3 aromatic carbocycles. The topological polar surface area (TPSA) is 72.9 Å². The Balaban J connectivity index is 1.50. The minimum atomic E-state index is -4.39. The predicted octanol–water partition coefficient (Wildman–Crippen LogP) is 4.94. The van der Waals surface area contributed by atoms with E-state index in [-0.39, 0.29) is 5.91 Å². The summed E-state index contributed by atoms with van der Waals surface area (Å²) in [5.41, 5.74) is 8.06. The Bertz CT molecular complexity index is 1210. The smallest absolute Gasteiger partial charge is 0.397 e. The first-order valence-electron chi connectivity index (χ1n) is 9.09. The Morgan fingerprint density at radius 3 is 2.47 bits per heavy atom. The summed E-state index contributed by atoms with van der Waals surface area (Å²) in [5, 5.41) is 7.37. The van der Waals surface area contributed by atoms with Crippen molar-refractivity contribution < 1.29 is 18.0 Å². The minimum Gasteiger partial charge on any atom is -0.397 e. The molecule has 0 aliphatic heterocycles. The van der Waals surface area contributed by atoms with Gasteiger partial charge in [0.25, 0.3) is 5.91 Å². The number of para-hydroxylation sites is 2. The first-order valence-corrected chi connectivity index (χ1v) is 9.09. The van der Waals surface area contributed by atoms with Gasteiger partial charge in [0.2, 0.25) is 0 Å². The third-order valence-electron chi connectivity index (χ3n) is 4.73. The van der Waals surface area contributed by atoms with Gasteiger partial charge < -0.3 is 11.1 Å². The SMILES string of the molecule is Nc1ccccc1NC(=O)c1ccc(Cn2ncc3cc(C(F)(F)F)ccc32)cc1. The molecule has 0 aliphatic rings. The third kappa shape index (κ3) is 3.98. The summed E-state index contributed by atoms with van der Waals surface area (Å²) in [6, 6.07) is 17.4. The Kier molecular flexibility index (Phi) is 4.91. The third-order valence-corrected chi connectivity index (χ3v) is 4.73. The zero-order chi connectivity index (χ0) is 21.3. The van der Waals surface area contributed by atoms with Crippen molar-refractivity contribution in [2.45, 2.75) is 12.7 Å². The molecular formula is C22H17F3N4O. The number of nitrogen functional groups attached to an aromatic ring is 1. The second kappa shape index (κ2) is 7.55. The molecular weight excluding hydrogens is 393 g/mol. The van der Waals surface area contributed by atoms with Crippen LogP contribution in [-0.4, -0.2) is 15.7 Å². The normalized spacial score (nSPS) is 11.6. The van der Waals surface area contributed by atoms with Crippen molar-refractivity contribution in [2.75, 3.05) is 11.1 Å². The summed E-state index contributed by atoms with van der Waals surface area (Å²) >= 11 is 0. The largest absolute Gasteiger partial charge is 0.416 e. The van der Waals surface area contributed by atoms with Gasteiger partial charge in [-0.3, -0.25) is 9.48 Å². The van der Waals surface area contributed by atoms with Gasteiger partial charge in [-0.1, -0.05) is 24.3 Å². The van der Waals surface area contributed by atoms with E-state index in [1.54, 1.807) is 53.2 Å². The van der Waals surface area contributed by atoms with Gasteiger partial charge in [0.05, 0.1) is 35.2 Å². The number of hydrogen-bond acceptors (Lipinski definition) is 3. The van der Waals surface area contributed by atoms with Crippen LogP contribution in [0, 0.1) is 0 Å². The van der Waals surface area contributed by atoms with Crippen LogP contribution >= 0.6 is 0 Å². The number of amides is 1. The van der Waals surface area contributed by atoms with Crippen molar-refractivity contribution in [3.8, 4) is 0 Å². The molecule has 30 heavy (non-hydrogen) atoms. The van der Waals surface area contributed by atoms with Crippen LogP contribution in [0.4, 0.5) is 24.5 Å². The van der Waals surface area contributed by atoms with Gasteiger partial charge in [-0.15, -0.1) is 0 Å². The van der Waals surface area contributed by atoms with Crippen LogP contribution in [0.3, 0.4) is 0 Å². The summed E-state index contributed by atoms with van der Waals surface area (Å²) in [6.45, 7) is 0.363. The van der Waals surface area contributed by atoms with E-state index in [1.165, 1.54) is 12.3 Å². The van der Waals surface area contributed by atoms with E-state index >= 15 is 0 Å². The number of nitrogens with two attached hydrogens (primary N) is 1. The average molecular weight is 410 g/mol.